The minimum atomic E-state index is -0.170. The summed E-state index contributed by atoms with van der Waals surface area (Å²) in [5.41, 5.74) is 2.05. The van der Waals surface area contributed by atoms with Crippen molar-refractivity contribution in [1.29, 1.82) is 0 Å². The van der Waals surface area contributed by atoms with E-state index in [1.54, 1.807) is 12.1 Å². The van der Waals surface area contributed by atoms with Gasteiger partial charge in [-0.2, -0.15) is 0 Å². The molecular formula is C17H14ClN3OS2. The van der Waals surface area contributed by atoms with Gasteiger partial charge in [-0.25, -0.2) is 9.88 Å². The van der Waals surface area contributed by atoms with Gasteiger partial charge in [0.25, 0.3) is 5.91 Å². The van der Waals surface area contributed by atoms with Gasteiger partial charge in [0.15, 0.2) is 4.32 Å². The Morgan fingerprint density at radius 3 is 2.50 bits per heavy atom. The van der Waals surface area contributed by atoms with E-state index in [-0.39, 0.29) is 5.91 Å². The van der Waals surface area contributed by atoms with Gasteiger partial charge in [-0.3, -0.25) is 4.79 Å². The zero-order valence-corrected chi connectivity index (χ0v) is 15.5. The number of thioether (sulfide) groups is 1. The molecule has 1 aromatic heterocycles. The summed E-state index contributed by atoms with van der Waals surface area (Å²) in [4.78, 5) is 20.9. The summed E-state index contributed by atoms with van der Waals surface area (Å²) in [5.74, 6) is 0.310. The maximum Gasteiger partial charge on any atom is 0.271 e. The molecule has 0 atom stereocenters. The predicted molar refractivity (Wildman–Crippen MR) is 106 cm³/mol. The van der Waals surface area contributed by atoms with Crippen molar-refractivity contribution in [3.8, 4) is 0 Å². The molecule has 1 aromatic carbocycles. The van der Waals surface area contributed by atoms with Crippen molar-refractivity contribution in [1.82, 2.24) is 4.98 Å². The van der Waals surface area contributed by atoms with Gasteiger partial charge in [0.05, 0.1) is 9.93 Å². The highest BCUT2D eigenvalue weighted by atomic mass is 35.5. The molecule has 1 amide bonds. The Labute approximate surface area is 155 Å². The number of hydrogen-bond acceptors (Lipinski definition) is 5. The Morgan fingerprint density at radius 2 is 1.92 bits per heavy atom. The topological polar surface area (TPSA) is 36.4 Å². The Kier molecular flexibility index (Phi) is 4.89. The number of halogens is 1. The zero-order chi connectivity index (χ0) is 17.3. The van der Waals surface area contributed by atoms with E-state index in [9.17, 15) is 4.79 Å². The lowest BCUT2D eigenvalue weighted by atomic mass is 10.2. The Balaban J connectivity index is 1.86. The first-order valence-electron chi connectivity index (χ1n) is 7.12. The lowest BCUT2D eigenvalue weighted by Crippen LogP contribution is -2.28. The van der Waals surface area contributed by atoms with Crippen molar-refractivity contribution >= 4 is 63.4 Å². The van der Waals surface area contributed by atoms with Crippen LogP contribution in [0, 0.1) is 0 Å². The SMILES string of the molecule is CN(C)c1ccc(/C=C2\SC(=S)N(c3ccc(Cl)cn3)C2=O)cc1. The van der Waals surface area contributed by atoms with Crippen LogP contribution in [0.2, 0.25) is 5.02 Å². The third-order valence-electron chi connectivity index (χ3n) is 3.44. The van der Waals surface area contributed by atoms with Gasteiger partial charge in [-0.05, 0) is 35.9 Å². The smallest absolute Gasteiger partial charge is 0.271 e. The lowest BCUT2D eigenvalue weighted by molar-refractivity contribution is -0.113. The van der Waals surface area contributed by atoms with Gasteiger partial charge < -0.3 is 4.90 Å². The Morgan fingerprint density at radius 1 is 1.21 bits per heavy atom. The molecule has 2 aromatic rings. The molecule has 0 spiro atoms. The highest BCUT2D eigenvalue weighted by molar-refractivity contribution is 8.27. The van der Waals surface area contributed by atoms with Crippen molar-refractivity contribution in [2.24, 2.45) is 0 Å². The first-order chi connectivity index (χ1) is 11.5. The molecule has 0 unspecified atom stereocenters. The molecule has 0 N–H and O–H groups in total. The van der Waals surface area contributed by atoms with Crippen LogP contribution in [0.4, 0.5) is 11.5 Å². The summed E-state index contributed by atoms with van der Waals surface area (Å²) >= 11 is 12.4. The van der Waals surface area contributed by atoms with Crippen molar-refractivity contribution in [3.05, 3.63) is 58.1 Å². The minimum Gasteiger partial charge on any atom is -0.378 e. The highest BCUT2D eigenvalue weighted by Crippen LogP contribution is 2.35. The van der Waals surface area contributed by atoms with E-state index in [1.165, 1.54) is 22.9 Å². The lowest BCUT2D eigenvalue weighted by Gasteiger charge is -2.13. The molecular weight excluding hydrogens is 362 g/mol. The molecule has 7 heteroatoms. The standard InChI is InChI=1S/C17H14ClN3OS2/c1-20(2)13-6-3-11(4-7-13)9-14-16(22)21(17(23)24-14)15-8-5-12(18)10-19-15/h3-10H,1-2H3/b14-9-. The van der Waals surface area contributed by atoms with E-state index < -0.39 is 0 Å². The maximum atomic E-state index is 12.6. The average molecular weight is 376 g/mol. The van der Waals surface area contributed by atoms with Crippen LogP contribution in [-0.2, 0) is 4.79 Å². The van der Waals surface area contributed by atoms with Gasteiger partial charge in [-0.15, -0.1) is 0 Å². The monoisotopic (exact) mass is 375 g/mol. The normalized spacial score (nSPS) is 16.1. The number of anilines is 2. The molecule has 1 aliphatic rings. The van der Waals surface area contributed by atoms with Gasteiger partial charge in [0, 0.05) is 26.0 Å². The van der Waals surface area contributed by atoms with Crippen LogP contribution in [0.1, 0.15) is 5.56 Å². The minimum absolute atomic E-state index is 0.170. The number of hydrogen-bond donors (Lipinski definition) is 0. The Hall–Kier alpha value is -1.89. The van der Waals surface area contributed by atoms with Gasteiger partial charge in [0.2, 0.25) is 0 Å². The summed E-state index contributed by atoms with van der Waals surface area (Å²) in [7, 11) is 3.97. The van der Waals surface area contributed by atoms with E-state index >= 15 is 0 Å². The van der Waals surface area contributed by atoms with Crippen LogP contribution in [0.25, 0.3) is 6.08 Å². The van der Waals surface area contributed by atoms with Crippen molar-refractivity contribution < 1.29 is 4.79 Å². The van der Waals surface area contributed by atoms with E-state index in [0.717, 1.165) is 11.3 Å². The number of carbonyl (C=O) groups excluding carboxylic acids is 1. The highest BCUT2D eigenvalue weighted by Gasteiger charge is 2.34. The number of aromatic nitrogens is 1. The van der Waals surface area contributed by atoms with E-state index in [1.807, 2.05) is 49.3 Å². The largest absolute Gasteiger partial charge is 0.378 e. The second kappa shape index (κ2) is 6.93. The van der Waals surface area contributed by atoms with Gasteiger partial charge >= 0.3 is 0 Å². The average Bonchev–Trinajstić information content (AvgIpc) is 2.83. The zero-order valence-electron chi connectivity index (χ0n) is 13.1. The second-order valence-corrected chi connectivity index (χ2v) is 7.45. The van der Waals surface area contributed by atoms with Gasteiger partial charge in [0.1, 0.15) is 5.82 Å². The van der Waals surface area contributed by atoms with Crippen LogP contribution in [0.15, 0.2) is 47.5 Å². The molecule has 24 heavy (non-hydrogen) atoms. The van der Waals surface area contributed by atoms with Gasteiger partial charge in [-0.1, -0.05) is 47.7 Å². The fourth-order valence-corrected chi connectivity index (χ4v) is 3.57. The molecule has 2 heterocycles. The third kappa shape index (κ3) is 3.45. The van der Waals surface area contributed by atoms with Crippen LogP contribution < -0.4 is 9.80 Å². The number of amides is 1. The molecule has 3 rings (SSSR count). The van der Waals surface area contributed by atoms with Crippen molar-refractivity contribution in [2.75, 3.05) is 23.9 Å². The first-order valence-corrected chi connectivity index (χ1v) is 8.73. The maximum absolute atomic E-state index is 12.6. The molecule has 1 aliphatic heterocycles. The quantitative estimate of drug-likeness (QED) is 0.593. The molecule has 4 nitrogen and oxygen atoms in total. The summed E-state index contributed by atoms with van der Waals surface area (Å²) < 4.78 is 0.464. The van der Waals surface area contributed by atoms with E-state index in [0.29, 0.717) is 20.1 Å². The van der Waals surface area contributed by atoms with E-state index in [4.69, 9.17) is 23.8 Å². The van der Waals surface area contributed by atoms with Crippen LogP contribution in [-0.4, -0.2) is 29.3 Å². The van der Waals surface area contributed by atoms with E-state index in [2.05, 4.69) is 4.98 Å². The number of thiocarbonyl (C=S) groups is 1. The number of pyridine rings is 1. The first kappa shape index (κ1) is 17.0. The molecule has 0 radical (unpaired) electrons. The summed E-state index contributed by atoms with van der Waals surface area (Å²) in [6, 6.07) is 11.3. The summed E-state index contributed by atoms with van der Waals surface area (Å²) in [6.45, 7) is 0. The number of nitrogens with zero attached hydrogens (tertiary/aromatic N) is 3. The number of rotatable bonds is 3. The third-order valence-corrected chi connectivity index (χ3v) is 4.97. The van der Waals surface area contributed by atoms with Crippen molar-refractivity contribution in [2.45, 2.75) is 0 Å². The molecule has 1 saturated heterocycles. The molecule has 1 fully saturated rings. The Bertz CT molecular complexity index is 817. The fourth-order valence-electron chi connectivity index (χ4n) is 2.19. The number of carbonyl (C=O) groups is 1. The fraction of sp³-hybridized carbons (Fsp3) is 0.118. The summed E-state index contributed by atoms with van der Waals surface area (Å²) in [6.07, 6.45) is 3.34. The van der Waals surface area contributed by atoms with Crippen LogP contribution in [0.5, 0.6) is 0 Å². The predicted octanol–water partition coefficient (Wildman–Crippen LogP) is 4.21. The second-order valence-electron chi connectivity index (χ2n) is 5.34. The molecule has 0 bridgehead atoms. The summed E-state index contributed by atoms with van der Waals surface area (Å²) in [5, 5.41) is 0.515. The molecule has 0 aliphatic carbocycles. The van der Waals surface area contributed by atoms with Crippen LogP contribution >= 0.6 is 35.6 Å². The van der Waals surface area contributed by atoms with Crippen LogP contribution in [0.3, 0.4) is 0 Å². The molecule has 122 valence electrons. The molecule has 0 saturated carbocycles. The van der Waals surface area contributed by atoms with Crippen molar-refractivity contribution in [3.63, 3.8) is 0 Å². The number of benzene rings is 1.